The normalized spacial score (nSPS) is 15.9. The molecule has 6 aromatic rings. The summed E-state index contributed by atoms with van der Waals surface area (Å²) in [5.74, 6) is 0.367. The Morgan fingerprint density at radius 2 is 1.85 bits per heavy atom. The zero-order valence-electron chi connectivity index (χ0n) is 22.1. The van der Waals surface area contributed by atoms with Gasteiger partial charge in [0.15, 0.2) is 5.76 Å². The molecule has 0 amide bonds. The lowest BCUT2D eigenvalue weighted by Gasteiger charge is -2.05. The number of para-hydroxylation sites is 2. The van der Waals surface area contributed by atoms with Gasteiger partial charge in [-0.1, -0.05) is 36.4 Å². The topological polar surface area (TPSA) is 69.8 Å². The van der Waals surface area contributed by atoms with Crippen molar-refractivity contribution in [3.63, 3.8) is 0 Å². The molecule has 3 aromatic carbocycles. The Bertz CT molecular complexity index is 1860. The summed E-state index contributed by atoms with van der Waals surface area (Å²) >= 11 is 1.49. The molecule has 4 heterocycles. The summed E-state index contributed by atoms with van der Waals surface area (Å²) in [4.78, 5) is 5.59. The van der Waals surface area contributed by atoms with Gasteiger partial charge in [0.05, 0.1) is 30.2 Å². The van der Waals surface area contributed by atoms with E-state index >= 15 is 0 Å². The number of aromatic nitrogens is 3. The Labute approximate surface area is 239 Å². The number of hydrogen-bond acceptors (Lipinski definition) is 6. The van der Waals surface area contributed by atoms with Gasteiger partial charge in [0.2, 0.25) is 4.80 Å². The van der Waals surface area contributed by atoms with E-state index in [-0.39, 0.29) is 11.9 Å². The average Bonchev–Trinajstić information content (AvgIpc) is 3.81. The molecule has 9 heteroatoms. The maximum atomic E-state index is 13.7. The van der Waals surface area contributed by atoms with E-state index in [2.05, 4.69) is 0 Å². The van der Waals surface area contributed by atoms with E-state index in [0.29, 0.717) is 18.0 Å². The van der Waals surface area contributed by atoms with Crippen molar-refractivity contribution in [2.75, 3.05) is 13.2 Å². The molecule has 41 heavy (non-hydrogen) atoms. The van der Waals surface area contributed by atoms with Crippen LogP contribution in [0.3, 0.4) is 0 Å². The van der Waals surface area contributed by atoms with Gasteiger partial charge in [-0.05, 0) is 61.4 Å². The maximum absolute atomic E-state index is 13.7. The summed E-state index contributed by atoms with van der Waals surface area (Å²) in [5.41, 5.74) is 4.83. The van der Waals surface area contributed by atoms with E-state index in [0.717, 1.165) is 57.7 Å². The van der Waals surface area contributed by atoms with Crippen LogP contribution in [0.2, 0.25) is 0 Å². The summed E-state index contributed by atoms with van der Waals surface area (Å²) in [7, 11) is 0. The highest BCUT2D eigenvalue weighted by Gasteiger charge is 2.17. The lowest BCUT2D eigenvalue weighted by molar-refractivity contribution is 0.117. The van der Waals surface area contributed by atoms with Crippen molar-refractivity contribution < 1.29 is 13.5 Å². The third kappa shape index (κ3) is 5.29. The Morgan fingerprint density at radius 1 is 1.02 bits per heavy atom. The van der Waals surface area contributed by atoms with Crippen LogP contribution in [0, 0.1) is 5.82 Å². The standard InChI is InChI=1S/C32H26FN5O2S/c33-25-14-12-22(13-15-25)28-21-41-32(34-19-27-10-6-16-39-27)38(28)35-18-24-20-37(26-8-2-1-3-9-26)36-31(24)30-17-23-7-4-5-11-29(23)40-30/h1-5,7-9,11-15,17-18,20-21,27H,6,10,16,19H2/b34-32?,35-18+. The molecule has 0 aliphatic carbocycles. The van der Waals surface area contributed by atoms with Crippen molar-refractivity contribution in [1.29, 1.82) is 0 Å². The van der Waals surface area contributed by atoms with Crippen molar-refractivity contribution in [3.8, 4) is 28.4 Å². The third-order valence-corrected chi connectivity index (χ3v) is 7.87. The van der Waals surface area contributed by atoms with Gasteiger partial charge in [0.25, 0.3) is 0 Å². The first-order valence-corrected chi connectivity index (χ1v) is 14.4. The van der Waals surface area contributed by atoms with Crippen LogP contribution in [0.15, 0.2) is 111 Å². The average molecular weight is 564 g/mol. The molecule has 1 saturated heterocycles. The van der Waals surface area contributed by atoms with Crippen LogP contribution >= 0.6 is 11.3 Å². The highest BCUT2D eigenvalue weighted by molar-refractivity contribution is 7.07. The molecule has 0 saturated carbocycles. The molecule has 1 aliphatic heterocycles. The Kier molecular flexibility index (Phi) is 6.88. The molecule has 1 atom stereocenters. The Balaban J connectivity index is 1.33. The number of furan rings is 1. The highest BCUT2D eigenvalue weighted by Crippen LogP contribution is 2.29. The molecule has 3 aromatic heterocycles. The molecule has 0 spiro atoms. The molecule has 1 aliphatic rings. The second-order valence-corrected chi connectivity index (χ2v) is 10.6. The number of thiazole rings is 1. The van der Waals surface area contributed by atoms with E-state index < -0.39 is 0 Å². The fourth-order valence-corrected chi connectivity index (χ4v) is 5.76. The van der Waals surface area contributed by atoms with Gasteiger partial charge < -0.3 is 9.15 Å². The van der Waals surface area contributed by atoms with E-state index in [1.54, 1.807) is 23.0 Å². The SMILES string of the molecule is Fc1ccc(-c2csc(=NCC3CCCO3)n2/N=C/c2cn(-c3ccccc3)nc2-c2cc3ccccc3o2)cc1. The van der Waals surface area contributed by atoms with Crippen LogP contribution in [-0.2, 0) is 4.74 Å². The van der Waals surface area contributed by atoms with Crippen LogP contribution in [0.25, 0.3) is 39.4 Å². The van der Waals surface area contributed by atoms with Crippen molar-refractivity contribution >= 4 is 28.5 Å². The lowest BCUT2D eigenvalue weighted by Crippen LogP contribution is -2.17. The van der Waals surface area contributed by atoms with E-state index in [1.807, 2.05) is 76.9 Å². The predicted octanol–water partition coefficient (Wildman–Crippen LogP) is 6.92. The van der Waals surface area contributed by atoms with Crippen LogP contribution in [0.5, 0.6) is 0 Å². The molecule has 0 bridgehead atoms. The molecule has 0 N–H and O–H groups in total. The zero-order chi connectivity index (χ0) is 27.6. The van der Waals surface area contributed by atoms with E-state index in [1.165, 1.54) is 23.5 Å². The molecule has 1 unspecified atom stereocenters. The quantitative estimate of drug-likeness (QED) is 0.198. The number of hydrogen-bond donors (Lipinski definition) is 0. The van der Waals surface area contributed by atoms with Crippen LogP contribution < -0.4 is 4.80 Å². The van der Waals surface area contributed by atoms with E-state index in [9.17, 15) is 4.39 Å². The predicted molar refractivity (Wildman–Crippen MR) is 159 cm³/mol. The van der Waals surface area contributed by atoms with Gasteiger partial charge in [-0.3, -0.25) is 4.99 Å². The van der Waals surface area contributed by atoms with E-state index in [4.69, 9.17) is 24.3 Å². The van der Waals surface area contributed by atoms with Gasteiger partial charge in [0, 0.05) is 34.7 Å². The first-order valence-electron chi connectivity index (χ1n) is 13.5. The highest BCUT2D eigenvalue weighted by atomic mass is 32.1. The number of benzene rings is 3. The van der Waals surface area contributed by atoms with Gasteiger partial charge in [-0.2, -0.15) is 10.2 Å². The first kappa shape index (κ1) is 25.4. The molecule has 204 valence electrons. The van der Waals surface area contributed by atoms with Gasteiger partial charge in [-0.15, -0.1) is 11.3 Å². The minimum absolute atomic E-state index is 0.118. The first-order chi connectivity index (χ1) is 20.2. The fraction of sp³-hybridized carbons (Fsp3) is 0.156. The second-order valence-electron chi connectivity index (χ2n) is 9.80. The summed E-state index contributed by atoms with van der Waals surface area (Å²) in [6, 6.07) is 26.2. The summed E-state index contributed by atoms with van der Waals surface area (Å²) < 4.78 is 29.3. The maximum Gasteiger partial charge on any atom is 0.206 e. The smallest absolute Gasteiger partial charge is 0.206 e. The molecular weight excluding hydrogens is 537 g/mol. The van der Waals surface area contributed by atoms with Crippen LogP contribution in [0.1, 0.15) is 18.4 Å². The van der Waals surface area contributed by atoms with Crippen molar-refractivity contribution in [2.24, 2.45) is 10.1 Å². The fourth-order valence-electron chi connectivity index (χ4n) is 4.91. The van der Waals surface area contributed by atoms with Crippen LogP contribution in [-0.4, -0.2) is 39.9 Å². The molecule has 7 nitrogen and oxygen atoms in total. The number of halogens is 1. The monoisotopic (exact) mass is 563 g/mol. The third-order valence-electron chi connectivity index (χ3n) is 7.01. The van der Waals surface area contributed by atoms with Crippen LogP contribution in [0.4, 0.5) is 4.39 Å². The Morgan fingerprint density at radius 3 is 2.66 bits per heavy atom. The zero-order valence-corrected chi connectivity index (χ0v) is 22.9. The van der Waals surface area contributed by atoms with Gasteiger partial charge in [0.1, 0.15) is 17.1 Å². The Hall–Kier alpha value is -4.60. The summed E-state index contributed by atoms with van der Waals surface area (Å²) in [5, 5.41) is 12.8. The minimum atomic E-state index is -0.286. The lowest BCUT2D eigenvalue weighted by atomic mass is 10.2. The summed E-state index contributed by atoms with van der Waals surface area (Å²) in [6.45, 7) is 1.34. The number of rotatable bonds is 7. The van der Waals surface area contributed by atoms with Crippen molar-refractivity contribution in [3.05, 3.63) is 113 Å². The largest absolute Gasteiger partial charge is 0.454 e. The van der Waals surface area contributed by atoms with Crippen molar-refractivity contribution in [2.45, 2.75) is 18.9 Å². The van der Waals surface area contributed by atoms with Gasteiger partial charge in [-0.25, -0.2) is 13.7 Å². The molecule has 0 radical (unpaired) electrons. The van der Waals surface area contributed by atoms with Gasteiger partial charge >= 0.3 is 0 Å². The molecule has 1 fully saturated rings. The number of ether oxygens (including phenoxy) is 1. The summed E-state index contributed by atoms with van der Waals surface area (Å²) in [6.07, 6.45) is 5.89. The number of fused-ring (bicyclic) bond motifs is 1. The molecule has 7 rings (SSSR count). The minimum Gasteiger partial charge on any atom is -0.454 e. The number of nitrogens with zero attached hydrogens (tertiary/aromatic N) is 5. The molecular formula is C32H26FN5O2S. The second kappa shape index (κ2) is 11.1. The van der Waals surface area contributed by atoms with Crippen molar-refractivity contribution in [1.82, 2.24) is 14.5 Å².